The molecule has 2 aromatic carbocycles. The topological polar surface area (TPSA) is 106 Å². The van der Waals surface area contributed by atoms with Crippen LogP contribution in [0, 0.1) is 10.1 Å². The van der Waals surface area contributed by atoms with Gasteiger partial charge in [0.25, 0.3) is 11.6 Å². The number of nitrogens with zero attached hydrogens (tertiary/aromatic N) is 2. The highest BCUT2D eigenvalue weighted by Gasteiger charge is 2.04. The van der Waals surface area contributed by atoms with Crippen molar-refractivity contribution in [2.24, 2.45) is 5.10 Å². The average molecular weight is 354 g/mol. The van der Waals surface area contributed by atoms with E-state index >= 15 is 0 Å². The Hall–Kier alpha value is -3.68. The number of ether oxygens (including phenoxy) is 1. The van der Waals surface area contributed by atoms with Gasteiger partial charge in [-0.25, -0.2) is 5.43 Å². The molecule has 0 aliphatic heterocycles. The van der Waals surface area contributed by atoms with Crippen LogP contribution in [0.5, 0.6) is 5.75 Å². The fourth-order valence-corrected chi connectivity index (χ4v) is 2.05. The molecule has 8 nitrogen and oxygen atoms in total. The fourth-order valence-electron chi connectivity index (χ4n) is 2.05. The summed E-state index contributed by atoms with van der Waals surface area (Å²) < 4.78 is 5.18. The van der Waals surface area contributed by atoms with Crippen molar-refractivity contribution >= 4 is 29.6 Å². The number of methoxy groups -OCH3 is 1. The quantitative estimate of drug-likeness (QED) is 0.431. The highest BCUT2D eigenvalue weighted by atomic mass is 16.6. The van der Waals surface area contributed by atoms with E-state index in [9.17, 15) is 14.9 Å². The molecule has 134 valence electrons. The maximum absolute atomic E-state index is 11.7. The summed E-state index contributed by atoms with van der Waals surface area (Å²) in [5.74, 6) is 0.319. The van der Waals surface area contributed by atoms with Gasteiger partial charge in [0.15, 0.2) is 0 Å². The number of rotatable bonds is 8. The molecular formula is C18H18N4O4. The first-order chi connectivity index (χ1) is 12.6. The van der Waals surface area contributed by atoms with E-state index in [1.165, 1.54) is 18.3 Å². The van der Waals surface area contributed by atoms with Gasteiger partial charge < -0.3 is 10.1 Å². The first-order valence-electron chi connectivity index (χ1n) is 7.70. The smallest absolute Gasteiger partial charge is 0.270 e. The summed E-state index contributed by atoms with van der Waals surface area (Å²) in [5.41, 5.74) is 3.76. The summed E-state index contributed by atoms with van der Waals surface area (Å²) in [6.07, 6.45) is 4.61. The number of para-hydroxylation sites is 2. The minimum absolute atomic E-state index is 0.0137. The molecule has 0 atom stereocenters. The van der Waals surface area contributed by atoms with E-state index in [0.717, 1.165) is 0 Å². The van der Waals surface area contributed by atoms with Crippen LogP contribution >= 0.6 is 0 Å². The molecule has 0 aliphatic carbocycles. The van der Waals surface area contributed by atoms with Crippen LogP contribution in [0.1, 0.15) is 5.56 Å². The van der Waals surface area contributed by atoms with Crippen LogP contribution in [0.2, 0.25) is 0 Å². The lowest BCUT2D eigenvalue weighted by Gasteiger charge is -2.09. The lowest BCUT2D eigenvalue weighted by atomic mass is 10.2. The fraction of sp³-hybridized carbons (Fsp3) is 0.111. The minimum Gasteiger partial charge on any atom is -0.495 e. The number of hydrogen-bond donors (Lipinski definition) is 2. The van der Waals surface area contributed by atoms with Crippen LogP contribution in [-0.4, -0.2) is 30.7 Å². The molecule has 0 unspecified atom stereocenters. The number of anilines is 1. The third kappa shape index (κ3) is 5.75. The molecule has 0 bridgehead atoms. The van der Waals surface area contributed by atoms with Crippen molar-refractivity contribution in [3.05, 3.63) is 70.3 Å². The van der Waals surface area contributed by atoms with Gasteiger partial charge in [0.1, 0.15) is 5.75 Å². The number of hydrazone groups is 1. The maximum Gasteiger partial charge on any atom is 0.270 e. The van der Waals surface area contributed by atoms with Crippen molar-refractivity contribution in [2.75, 3.05) is 19.0 Å². The third-order valence-electron chi connectivity index (χ3n) is 3.27. The third-order valence-corrected chi connectivity index (χ3v) is 3.27. The molecule has 0 radical (unpaired) electrons. The molecule has 0 fully saturated rings. The first-order valence-corrected chi connectivity index (χ1v) is 7.70. The number of non-ortho nitro benzene ring substituents is 1. The Kier molecular flexibility index (Phi) is 6.87. The predicted molar refractivity (Wildman–Crippen MR) is 100 cm³/mol. The van der Waals surface area contributed by atoms with Crippen LogP contribution in [0.3, 0.4) is 0 Å². The van der Waals surface area contributed by atoms with Gasteiger partial charge in [-0.15, -0.1) is 0 Å². The predicted octanol–water partition coefficient (Wildman–Crippen LogP) is 2.83. The second-order valence-corrected chi connectivity index (χ2v) is 5.08. The summed E-state index contributed by atoms with van der Waals surface area (Å²) in [6.45, 7) is 0.0340. The number of allylic oxidation sites excluding steroid dienone is 1. The molecule has 0 heterocycles. The number of amides is 1. The molecule has 1 amide bonds. The van der Waals surface area contributed by atoms with Crippen molar-refractivity contribution in [1.29, 1.82) is 0 Å². The monoisotopic (exact) mass is 354 g/mol. The molecule has 2 aromatic rings. The Morgan fingerprint density at radius 2 is 2.08 bits per heavy atom. The van der Waals surface area contributed by atoms with Crippen molar-refractivity contribution in [3.8, 4) is 5.75 Å². The highest BCUT2D eigenvalue weighted by Crippen LogP contribution is 2.22. The van der Waals surface area contributed by atoms with E-state index in [1.54, 1.807) is 43.5 Å². The molecule has 0 aromatic heterocycles. The molecule has 2 rings (SSSR count). The second kappa shape index (κ2) is 9.58. The number of carbonyl (C=O) groups excluding carboxylic acids is 1. The maximum atomic E-state index is 11.7. The van der Waals surface area contributed by atoms with Crippen molar-refractivity contribution in [2.45, 2.75) is 0 Å². The molecule has 0 aliphatic rings. The SMILES string of the molecule is COc1ccccc1NCC(=O)NN=CC=Cc1cccc([N+](=O)[O-])c1. The lowest BCUT2D eigenvalue weighted by molar-refractivity contribution is -0.384. The van der Waals surface area contributed by atoms with Gasteiger partial charge in [0.05, 0.1) is 24.3 Å². The van der Waals surface area contributed by atoms with E-state index in [2.05, 4.69) is 15.8 Å². The normalized spacial score (nSPS) is 10.8. The Balaban J connectivity index is 1.80. The van der Waals surface area contributed by atoms with Crippen LogP contribution < -0.4 is 15.5 Å². The van der Waals surface area contributed by atoms with Gasteiger partial charge in [-0.1, -0.05) is 30.3 Å². The number of benzene rings is 2. The van der Waals surface area contributed by atoms with Gasteiger partial charge >= 0.3 is 0 Å². The first kappa shape index (κ1) is 18.7. The number of hydrogen-bond acceptors (Lipinski definition) is 6. The van der Waals surface area contributed by atoms with Gasteiger partial charge in [-0.2, -0.15) is 5.10 Å². The summed E-state index contributed by atoms with van der Waals surface area (Å²) in [5, 5.41) is 17.4. The van der Waals surface area contributed by atoms with Gasteiger partial charge in [-0.3, -0.25) is 14.9 Å². The van der Waals surface area contributed by atoms with Crippen molar-refractivity contribution in [3.63, 3.8) is 0 Å². The Labute approximate surface area is 150 Å². The molecule has 0 saturated heterocycles. The Bertz CT molecular complexity index is 833. The summed E-state index contributed by atoms with van der Waals surface area (Å²) in [4.78, 5) is 22.0. The number of nitro groups is 1. The zero-order valence-corrected chi connectivity index (χ0v) is 14.1. The van der Waals surface area contributed by atoms with Gasteiger partial charge in [0, 0.05) is 18.3 Å². The van der Waals surface area contributed by atoms with Crippen molar-refractivity contribution in [1.82, 2.24) is 5.43 Å². The Morgan fingerprint density at radius 1 is 1.27 bits per heavy atom. The molecule has 2 N–H and O–H groups in total. The largest absolute Gasteiger partial charge is 0.495 e. The zero-order chi connectivity index (χ0) is 18.8. The average Bonchev–Trinajstić information content (AvgIpc) is 2.66. The van der Waals surface area contributed by atoms with E-state index in [1.807, 2.05) is 12.1 Å². The van der Waals surface area contributed by atoms with E-state index < -0.39 is 4.92 Å². The van der Waals surface area contributed by atoms with Crippen LogP contribution in [-0.2, 0) is 4.79 Å². The molecule has 8 heteroatoms. The summed E-state index contributed by atoms with van der Waals surface area (Å²) in [7, 11) is 1.55. The van der Waals surface area contributed by atoms with E-state index in [0.29, 0.717) is 17.0 Å². The van der Waals surface area contributed by atoms with E-state index in [-0.39, 0.29) is 18.1 Å². The summed E-state index contributed by atoms with van der Waals surface area (Å²) >= 11 is 0. The Morgan fingerprint density at radius 3 is 2.85 bits per heavy atom. The lowest BCUT2D eigenvalue weighted by Crippen LogP contribution is -2.25. The second-order valence-electron chi connectivity index (χ2n) is 5.08. The highest BCUT2D eigenvalue weighted by molar-refractivity contribution is 5.84. The van der Waals surface area contributed by atoms with Crippen molar-refractivity contribution < 1.29 is 14.5 Å². The number of nitro benzene ring substituents is 1. The molecular weight excluding hydrogens is 336 g/mol. The minimum atomic E-state index is -0.458. The van der Waals surface area contributed by atoms with Gasteiger partial charge in [0.2, 0.25) is 0 Å². The molecule has 0 saturated carbocycles. The number of nitrogens with one attached hydrogen (secondary N) is 2. The van der Waals surface area contributed by atoms with Crippen LogP contribution in [0.25, 0.3) is 6.08 Å². The number of carbonyl (C=O) groups is 1. The zero-order valence-electron chi connectivity index (χ0n) is 14.1. The van der Waals surface area contributed by atoms with E-state index in [4.69, 9.17) is 4.74 Å². The van der Waals surface area contributed by atoms with Gasteiger partial charge in [-0.05, 0) is 23.8 Å². The van der Waals surface area contributed by atoms with Crippen LogP contribution in [0.15, 0.2) is 59.7 Å². The standard InChI is InChI=1S/C18H18N4O4/c1-26-17-10-3-2-9-16(17)19-13-18(23)21-20-11-5-7-14-6-4-8-15(12-14)22(24)25/h2-12,19H,13H2,1H3,(H,21,23). The summed E-state index contributed by atoms with van der Waals surface area (Å²) in [6, 6.07) is 13.4. The molecule has 26 heavy (non-hydrogen) atoms. The molecule has 0 spiro atoms. The van der Waals surface area contributed by atoms with Crippen LogP contribution in [0.4, 0.5) is 11.4 Å².